The third-order valence-electron chi connectivity index (χ3n) is 2.32. The first-order valence-corrected chi connectivity index (χ1v) is 5.22. The predicted molar refractivity (Wildman–Crippen MR) is 68.8 cm³/mol. The molecular weight excluding hydrogens is 210 g/mol. The third kappa shape index (κ3) is 2.73. The van der Waals surface area contributed by atoms with E-state index >= 15 is 0 Å². The van der Waals surface area contributed by atoms with Gasteiger partial charge in [0.2, 0.25) is 0 Å². The largest absolute Gasteiger partial charge is 0.322 e. The summed E-state index contributed by atoms with van der Waals surface area (Å²) >= 11 is 0. The van der Waals surface area contributed by atoms with Gasteiger partial charge in [0.15, 0.2) is 0 Å². The second-order valence-electron chi connectivity index (χ2n) is 3.55. The molecule has 0 aromatic heterocycles. The van der Waals surface area contributed by atoms with Crippen molar-refractivity contribution < 1.29 is 4.79 Å². The van der Waals surface area contributed by atoms with E-state index in [-0.39, 0.29) is 5.91 Å². The van der Waals surface area contributed by atoms with E-state index < -0.39 is 0 Å². The number of carbonyl (C=O) groups is 1. The highest BCUT2D eigenvalue weighted by Crippen LogP contribution is 2.11. The number of hydrogen-bond acceptors (Lipinski definition) is 1. The minimum Gasteiger partial charge on any atom is -0.322 e. The highest BCUT2D eigenvalue weighted by atomic mass is 16.1. The van der Waals surface area contributed by atoms with Crippen molar-refractivity contribution in [3.63, 3.8) is 0 Å². The van der Waals surface area contributed by atoms with Crippen LogP contribution in [0.25, 0.3) is 0 Å². The molecule has 17 heavy (non-hydrogen) atoms. The fraction of sp³-hybridized carbons (Fsp3) is 0. The average Bonchev–Trinajstić information content (AvgIpc) is 2.40. The molecule has 2 rings (SSSR count). The van der Waals surface area contributed by atoms with E-state index in [0.29, 0.717) is 11.3 Å². The van der Waals surface area contributed by atoms with Gasteiger partial charge >= 0.3 is 0 Å². The highest BCUT2D eigenvalue weighted by molar-refractivity contribution is 6.04. The minimum absolute atomic E-state index is 0.139. The van der Waals surface area contributed by atoms with Crippen LogP contribution in [0.1, 0.15) is 15.9 Å². The van der Waals surface area contributed by atoms with Crippen LogP contribution in [-0.2, 0) is 0 Å². The van der Waals surface area contributed by atoms with Crippen LogP contribution in [0.5, 0.6) is 0 Å². The van der Waals surface area contributed by atoms with Crippen molar-refractivity contribution in [1.82, 2.24) is 0 Å². The Labute approximate surface area is 100 Å². The van der Waals surface area contributed by atoms with Gasteiger partial charge in [-0.05, 0) is 30.3 Å². The number of carbonyl (C=O) groups excluding carboxylic acids is 1. The molecule has 2 aromatic carbocycles. The number of anilines is 1. The number of terminal acetylenes is 1. The summed E-state index contributed by atoms with van der Waals surface area (Å²) in [6.45, 7) is 0. The van der Waals surface area contributed by atoms with E-state index in [4.69, 9.17) is 6.42 Å². The first-order chi connectivity index (χ1) is 8.29. The van der Waals surface area contributed by atoms with E-state index in [2.05, 4.69) is 11.2 Å². The summed E-state index contributed by atoms with van der Waals surface area (Å²) < 4.78 is 0. The third-order valence-corrected chi connectivity index (χ3v) is 2.32. The number of benzene rings is 2. The average molecular weight is 221 g/mol. The van der Waals surface area contributed by atoms with Gasteiger partial charge < -0.3 is 5.32 Å². The fourth-order valence-electron chi connectivity index (χ4n) is 1.48. The van der Waals surface area contributed by atoms with Crippen molar-refractivity contribution in [3.8, 4) is 12.3 Å². The van der Waals surface area contributed by atoms with Gasteiger partial charge in [-0.15, -0.1) is 6.42 Å². The molecule has 0 heterocycles. The lowest BCUT2D eigenvalue weighted by Gasteiger charge is -2.05. The molecule has 2 heteroatoms. The van der Waals surface area contributed by atoms with Crippen molar-refractivity contribution in [2.45, 2.75) is 0 Å². The van der Waals surface area contributed by atoms with Crippen molar-refractivity contribution >= 4 is 11.6 Å². The molecule has 1 N–H and O–H groups in total. The Morgan fingerprint density at radius 2 is 1.82 bits per heavy atom. The molecule has 0 atom stereocenters. The molecule has 0 aliphatic carbocycles. The zero-order valence-corrected chi connectivity index (χ0v) is 9.18. The van der Waals surface area contributed by atoms with Gasteiger partial charge in [-0.2, -0.15) is 0 Å². The minimum atomic E-state index is -0.139. The molecule has 0 unspecified atom stereocenters. The van der Waals surface area contributed by atoms with Crippen molar-refractivity contribution in [2.24, 2.45) is 0 Å². The zero-order valence-electron chi connectivity index (χ0n) is 9.18. The summed E-state index contributed by atoms with van der Waals surface area (Å²) in [7, 11) is 0. The van der Waals surface area contributed by atoms with Crippen LogP contribution >= 0.6 is 0 Å². The molecule has 82 valence electrons. The summed E-state index contributed by atoms with van der Waals surface area (Å²) in [5.74, 6) is 2.39. The van der Waals surface area contributed by atoms with Gasteiger partial charge in [-0.1, -0.05) is 30.2 Å². The Morgan fingerprint density at radius 1 is 1.06 bits per heavy atom. The zero-order chi connectivity index (χ0) is 12.1. The summed E-state index contributed by atoms with van der Waals surface area (Å²) in [6, 6.07) is 16.3. The maximum atomic E-state index is 11.9. The standard InChI is InChI=1S/C15H11NO/c1-2-12-7-6-10-14(11-12)16-15(17)13-8-4-3-5-9-13/h1,3-11H,(H,16,17). The Balaban J connectivity index is 2.17. The van der Waals surface area contributed by atoms with Gasteiger partial charge in [0.25, 0.3) is 5.91 Å². The van der Waals surface area contributed by atoms with Crippen LogP contribution in [0.2, 0.25) is 0 Å². The van der Waals surface area contributed by atoms with Crippen LogP contribution in [0.15, 0.2) is 54.6 Å². The van der Waals surface area contributed by atoms with Crippen molar-refractivity contribution in [3.05, 3.63) is 65.7 Å². The molecule has 0 bridgehead atoms. The van der Waals surface area contributed by atoms with Gasteiger partial charge in [0.05, 0.1) is 0 Å². The van der Waals surface area contributed by atoms with E-state index in [1.807, 2.05) is 36.4 Å². The highest BCUT2D eigenvalue weighted by Gasteiger charge is 2.04. The molecule has 0 saturated carbocycles. The number of amides is 1. The maximum absolute atomic E-state index is 11.9. The van der Waals surface area contributed by atoms with E-state index in [0.717, 1.165) is 5.56 Å². The van der Waals surface area contributed by atoms with Gasteiger partial charge in [0.1, 0.15) is 0 Å². The monoisotopic (exact) mass is 221 g/mol. The SMILES string of the molecule is C#Cc1cccc(NC(=O)c2ccccc2)c1. The molecule has 1 amide bonds. The van der Waals surface area contributed by atoms with Crippen molar-refractivity contribution in [1.29, 1.82) is 0 Å². The molecule has 0 aliphatic heterocycles. The quantitative estimate of drug-likeness (QED) is 0.776. The van der Waals surface area contributed by atoms with Crippen LogP contribution in [-0.4, -0.2) is 5.91 Å². The van der Waals surface area contributed by atoms with Crippen LogP contribution < -0.4 is 5.32 Å². The summed E-state index contributed by atoms with van der Waals surface area (Å²) in [4.78, 5) is 11.9. The van der Waals surface area contributed by atoms with Crippen LogP contribution in [0.3, 0.4) is 0 Å². The smallest absolute Gasteiger partial charge is 0.255 e. The van der Waals surface area contributed by atoms with Gasteiger partial charge in [0, 0.05) is 16.8 Å². The molecule has 0 aliphatic rings. The van der Waals surface area contributed by atoms with E-state index in [9.17, 15) is 4.79 Å². The summed E-state index contributed by atoms with van der Waals surface area (Å²) in [6.07, 6.45) is 5.30. The molecule has 0 radical (unpaired) electrons. The van der Waals surface area contributed by atoms with Crippen LogP contribution in [0, 0.1) is 12.3 Å². The topological polar surface area (TPSA) is 29.1 Å². The predicted octanol–water partition coefficient (Wildman–Crippen LogP) is 2.92. The first-order valence-electron chi connectivity index (χ1n) is 5.22. The molecule has 2 nitrogen and oxygen atoms in total. The Bertz CT molecular complexity index is 567. The summed E-state index contributed by atoms with van der Waals surface area (Å²) in [5, 5.41) is 2.80. The number of hydrogen-bond donors (Lipinski definition) is 1. The molecular formula is C15H11NO. The van der Waals surface area contributed by atoms with Gasteiger partial charge in [-0.3, -0.25) is 4.79 Å². The fourth-order valence-corrected chi connectivity index (χ4v) is 1.48. The number of nitrogens with one attached hydrogen (secondary N) is 1. The molecule has 0 fully saturated rings. The normalized spacial score (nSPS) is 9.35. The van der Waals surface area contributed by atoms with Crippen LogP contribution in [0.4, 0.5) is 5.69 Å². The molecule has 0 spiro atoms. The van der Waals surface area contributed by atoms with Crippen molar-refractivity contribution in [2.75, 3.05) is 5.32 Å². The maximum Gasteiger partial charge on any atom is 0.255 e. The molecule has 2 aromatic rings. The Kier molecular flexibility index (Phi) is 3.23. The second-order valence-corrected chi connectivity index (χ2v) is 3.55. The Hall–Kier alpha value is -2.53. The lowest BCUT2D eigenvalue weighted by atomic mass is 10.2. The van der Waals surface area contributed by atoms with E-state index in [1.54, 1.807) is 18.2 Å². The Morgan fingerprint density at radius 3 is 2.53 bits per heavy atom. The first kappa shape index (κ1) is 11.0. The molecule has 0 saturated heterocycles. The number of rotatable bonds is 2. The van der Waals surface area contributed by atoms with Gasteiger partial charge in [-0.25, -0.2) is 0 Å². The summed E-state index contributed by atoms with van der Waals surface area (Å²) in [5.41, 5.74) is 2.07. The van der Waals surface area contributed by atoms with E-state index in [1.165, 1.54) is 0 Å². The lowest BCUT2D eigenvalue weighted by Crippen LogP contribution is -2.11. The lowest BCUT2D eigenvalue weighted by molar-refractivity contribution is 0.102. The second kappa shape index (κ2) is 5.00.